The van der Waals surface area contributed by atoms with Gasteiger partial charge in [-0.3, -0.25) is 4.90 Å². The molecule has 6 heteroatoms. The number of fused-ring (bicyclic) bond motifs is 1. The zero-order chi connectivity index (χ0) is 14.1. The molecular formula is C15H20N4OS. The van der Waals surface area contributed by atoms with Crippen molar-refractivity contribution in [1.82, 2.24) is 20.0 Å². The summed E-state index contributed by atoms with van der Waals surface area (Å²) in [6, 6.07) is 0.751. The van der Waals surface area contributed by atoms with E-state index in [1.165, 1.54) is 32.2 Å². The van der Waals surface area contributed by atoms with Crippen molar-refractivity contribution in [2.45, 2.75) is 50.5 Å². The Labute approximate surface area is 128 Å². The number of hydrogen-bond acceptors (Lipinski definition) is 6. The lowest BCUT2D eigenvalue weighted by Crippen LogP contribution is -2.33. The number of rotatable bonds is 4. The second kappa shape index (κ2) is 5.85. The third-order valence-corrected chi connectivity index (χ3v) is 5.32. The fourth-order valence-corrected chi connectivity index (χ4v) is 4.16. The van der Waals surface area contributed by atoms with Crippen LogP contribution in [0, 0.1) is 0 Å². The highest BCUT2D eigenvalue weighted by Crippen LogP contribution is 2.35. The third-order valence-electron chi connectivity index (χ3n) is 4.69. The molecule has 21 heavy (non-hydrogen) atoms. The van der Waals surface area contributed by atoms with Gasteiger partial charge in [-0.05, 0) is 32.2 Å². The molecular weight excluding hydrogens is 284 g/mol. The second-order valence-electron chi connectivity index (χ2n) is 6.10. The summed E-state index contributed by atoms with van der Waals surface area (Å²) in [6.07, 6.45) is 6.92. The maximum Gasteiger partial charge on any atom is 0.227 e. The van der Waals surface area contributed by atoms with E-state index in [4.69, 9.17) is 4.52 Å². The van der Waals surface area contributed by atoms with Crippen LogP contribution in [0.2, 0.25) is 0 Å². The quantitative estimate of drug-likeness (QED) is 0.869. The zero-order valence-corrected chi connectivity index (χ0v) is 12.9. The number of thiazole rings is 1. The molecule has 2 aliphatic rings. The number of nitrogens with zero attached hydrogens (tertiary/aromatic N) is 4. The average Bonchev–Trinajstić information content (AvgIpc) is 3.24. The van der Waals surface area contributed by atoms with E-state index in [2.05, 4.69) is 25.4 Å². The molecule has 0 radical (unpaired) electrons. The molecule has 2 atom stereocenters. The Kier molecular flexibility index (Phi) is 3.73. The van der Waals surface area contributed by atoms with E-state index in [1.54, 1.807) is 11.3 Å². The van der Waals surface area contributed by atoms with Gasteiger partial charge in [-0.15, -0.1) is 11.3 Å². The average molecular weight is 304 g/mol. The Morgan fingerprint density at radius 3 is 3.19 bits per heavy atom. The first-order chi connectivity index (χ1) is 10.4. The maximum atomic E-state index is 5.42. The van der Waals surface area contributed by atoms with Crippen LogP contribution in [-0.4, -0.2) is 39.2 Å². The smallest absolute Gasteiger partial charge is 0.227 e. The first-order valence-corrected chi connectivity index (χ1v) is 8.76. The summed E-state index contributed by atoms with van der Waals surface area (Å²) in [5.41, 5.74) is 2.97. The highest BCUT2D eigenvalue weighted by atomic mass is 32.1. The van der Waals surface area contributed by atoms with E-state index in [0.29, 0.717) is 5.92 Å². The molecule has 4 rings (SSSR count). The molecule has 0 aromatic carbocycles. The van der Waals surface area contributed by atoms with Gasteiger partial charge in [-0.1, -0.05) is 11.6 Å². The molecule has 0 bridgehead atoms. The van der Waals surface area contributed by atoms with Crippen molar-refractivity contribution in [1.29, 1.82) is 0 Å². The summed E-state index contributed by atoms with van der Waals surface area (Å²) in [4.78, 5) is 11.5. The molecule has 5 nitrogen and oxygen atoms in total. The molecule has 2 aliphatic heterocycles. The minimum absolute atomic E-state index is 0.463. The molecule has 2 aromatic heterocycles. The zero-order valence-electron chi connectivity index (χ0n) is 12.1. The molecule has 4 heterocycles. The molecule has 2 fully saturated rings. The first kappa shape index (κ1) is 13.4. The minimum Gasteiger partial charge on any atom is -0.339 e. The molecule has 0 saturated carbocycles. The molecule has 0 amide bonds. The molecule has 0 spiro atoms. The van der Waals surface area contributed by atoms with Crippen LogP contribution in [0.3, 0.4) is 0 Å². The number of hydrogen-bond donors (Lipinski definition) is 0. The SMILES string of the molecule is c1nc(CCc2nc(C3CC4CCCCN4C3)no2)cs1. The van der Waals surface area contributed by atoms with E-state index < -0.39 is 0 Å². The van der Waals surface area contributed by atoms with E-state index in [-0.39, 0.29) is 0 Å². The van der Waals surface area contributed by atoms with Gasteiger partial charge in [0.1, 0.15) is 0 Å². The van der Waals surface area contributed by atoms with Gasteiger partial charge in [0.25, 0.3) is 0 Å². The van der Waals surface area contributed by atoms with Crippen LogP contribution < -0.4 is 0 Å². The van der Waals surface area contributed by atoms with Gasteiger partial charge in [-0.25, -0.2) is 4.98 Å². The van der Waals surface area contributed by atoms with E-state index in [1.807, 2.05) is 5.51 Å². The van der Waals surface area contributed by atoms with Gasteiger partial charge in [0, 0.05) is 30.3 Å². The van der Waals surface area contributed by atoms with Crippen LogP contribution in [-0.2, 0) is 12.8 Å². The Morgan fingerprint density at radius 2 is 2.33 bits per heavy atom. The van der Waals surface area contributed by atoms with Crippen LogP contribution in [0.1, 0.15) is 49.0 Å². The highest BCUT2D eigenvalue weighted by molar-refractivity contribution is 7.07. The van der Waals surface area contributed by atoms with Crippen molar-refractivity contribution < 1.29 is 4.52 Å². The van der Waals surface area contributed by atoms with Gasteiger partial charge in [0.05, 0.1) is 11.2 Å². The van der Waals surface area contributed by atoms with Crippen molar-refractivity contribution in [2.24, 2.45) is 0 Å². The predicted molar refractivity (Wildman–Crippen MR) is 80.4 cm³/mol. The normalized spacial score (nSPS) is 26.1. The van der Waals surface area contributed by atoms with Gasteiger partial charge in [-0.2, -0.15) is 4.98 Å². The highest BCUT2D eigenvalue weighted by Gasteiger charge is 2.36. The van der Waals surface area contributed by atoms with E-state index in [0.717, 1.165) is 42.8 Å². The summed E-state index contributed by atoms with van der Waals surface area (Å²) < 4.78 is 5.42. The van der Waals surface area contributed by atoms with E-state index >= 15 is 0 Å². The summed E-state index contributed by atoms with van der Waals surface area (Å²) >= 11 is 1.63. The van der Waals surface area contributed by atoms with Gasteiger partial charge in [0.15, 0.2) is 5.82 Å². The topological polar surface area (TPSA) is 55.1 Å². The van der Waals surface area contributed by atoms with Gasteiger partial charge < -0.3 is 4.52 Å². The third kappa shape index (κ3) is 2.87. The van der Waals surface area contributed by atoms with Crippen LogP contribution in [0.15, 0.2) is 15.4 Å². The summed E-state index contributed by atoms with van der Waals surface area (Å²) in [5, 5.41) is 6.30. The van der Waals surface area contributed by atoms with Crippen LogP contribution in [0.4, 0.5) is 0 Å². The number of aromatic nitrogens is 3. The largest absolute Gasteiger partial charge is 0.339 e. The molecule has 2 unspecified atom stereocenters. The van der Waals surface area contributed by atoms with E-state index in [9.17, 15) is 0 Å². The van der Waals surface area contributed by atoms with Crippen LogP contribution in [0.25, 0.3) is 0 Å². The van der Waals surface area contributed by atoms with Crippen molar-refractivity contribution in [2.75, 3.05) is 13.1 Å². The molecule has 0 N–H and O–H groups in total. The van der Waals surface area contributed by atoms with Crippen molar-refractivity contribution >= 4 is 11.3 Å². The van der Waals surface area contributed by atoms with Crippen LogP contribution >= 0.6 is 11.3 Å². The lowest BCUT2D eigenvalue weighted by Gasteiger charge is -2.28. The fourth-order valence-electron chi connectivity index (χ4n) is 3.57. The fraction of sp³-hybridized carbons (Fsp3) is 0.667. The lowest BCUT2D eigenvalue weighted by molar-refractivity contribution is 0.197. The number of piperidine rings is 1. The van der Waals surface area contributed by atoms with Crippen molar-refractivity contribution in [3.63, 3.8) is 0 Å². The Bertz CT molecular complexity index is 568. The Hall–Kier alpha value is -1.27. The minimum atomic E-state index is 0.463. The first-order valence-electron chi connectivity index (χ1n) is 7.82. The van der Waals surface area contributed by atoms with Crippen LogP contribution in [0.5, 0.6) is 0 Å². The Morgan fingerprint density at radius 1 is 1.33 bits per heavy atom. The monoisotopic (exact) mass is 304 g/mol. The molecule has 0 aliphatic carbocycles. The van der Waals surface area contributed by atoms with Crippen molar-refractivity contribution in [3.05, 3.63) is 28.3 Å². The second-order valence-corrected chi connectivity index (χ2v) is 6.82. The molecule has 112 valence electrons. The Balaban J connectivity index is 1.38. The standard InChI is InChI=1S/C15H20N4OS/c1-2-6-19-8-11(7-13(19)3-1)15-17-14(20-18-15)5-4-12-9-21-10-16-12/h9-11,13H,1-8H2. The summed E-state index contributed by atoms with van der Waals surface area (Å²) in [7, 11) is 0. The number of aryl methyl sites for hydroxylation is 2. The lowest BCUT2D eigenvalue weighted by atomic mass is 9.99. The maximum absolute atomic E-state index is 5.42. The summed E-state index contributed by atoms with van der Waals surface area (Å²) in [5.74, 6) is 2.13. The van der Waals surface area contributed by atoms with Crippen molar-refractivity contribution in [3.8, 4) is 0 Å². The van der Waals surface area contributed by atoms with Gasteiger partial charge >= 0.3 is 0 Å². The molecule has 2 saturated heterocycles. The summed E-state index contributed by atoms with van der Waals surface area (Å²) in [6.45, 7) is 2.35. The van der Waals surface area contributed by atoms with Gasteiger partial charge in [0.2, 0.25) is 5.89 Å². The molecule has 2 aromatic rings. The predicted octanol–water partition coefficient (Wildman–Crippen LogP) is 2.65.